The van der Waals surface area contributed by atoms with Gasteiger partial charge in [-0.2, -0.15) is 0 Å². The number of carboxylic acids is 1. The normalized spacial score (nSPS) is 13.6. The zero-order chi connectivity index (χ0) is 24.9. The first-order chi connectivity index (χ1) is 16.8. The quantitative estimate of drug-likeness (QED) is 0.230. The maximum absolute atomic E-state index is 13.0. The second-order valence-electron chi connectivity index (χ2n) is 8.76. The highest BCUT2D eigenvalue weighted by molar-refractivity contribution is 5.95. The summed E-state index contributed by atoms with van der Waals surface area (Å²) in [7, 11) is 0. The summed E-state index contributed by atoms with van der Waals surface area (Å²) >= 11 is 0. The van der Waals surface area contributed by atoms with Crippen molar-refractivity contribution < 1.29 is 19.4 Å². The number of amides is 1. The van der Waals surface area contributed by atoms with Crippen LogP contribution in [0, 0.1) is 12.3 Å². The monoisotopic (exact) mass is 478 g/mol. The van der Waals surface area contributed by atoms with Gasteiger partial charge in [-0.05, 0) is 56.2 Å². The lowest BCUT2D eigenvalue weighted by Gasteiger charge is -2.27. The van der Waals surface area contributed by atoms with Crippen molar-refractivity contribution in [2.75, 3.05) is 11.9 Å². The van der Waals surface area contributed by atoms with Crippen LogP contribution in [0.5, 0.6) is 5.75 Å². The van der Waals surface area contributed by atoms with Crippen LogP contribution in [-0.2, 0) is 11.3 Å². The standard InChI is InChI=1S/C25H30N6O4/c1-15-20(35-25(34)31(13-12-22(32)33)18-4-2-3-5-18)11-10-19-23(15)30-21(29-19)14-28-17-8-6-16(7-9-17)24(26)27/h6-11,18,28H,2-5,12-14H2,1H3,(H3,26,27)(H,29,30)(H,32,33). The van der Waals surface area contributed by atoms with E-state index in [0.717, 1.165) is 48.3 Å². The van der Waals surface area contributed by atoms with E-state index in [2.05, 4.69) is 15.3 Å². The molecule has 1 aromatic heterocycles. The van der Waals surface area contributed by atoms with Crippen molar-refractivity contribution in [3.63, 3.8) is 0 Å². The van der Waals surface area contributed by atoms with E-state index in [1.807, 2.05) is 25.1 Å². The number of carboxylic acid groups (broad SMARTS) is 1. The highest BCUT2D eigenvalue weighted by Gasteiger charge is 2.29. The molecule has 1 fully saturated rings. The third kappa shape index (κ3) is 5.71. The van der Waals surface area contributed by atoms with E-state index in [-0.39, 0.29) is 24.8 Å². The number of nitrogens with zero attached hydrogens (tertiary/aromatic N) is 2. The van der Waals surface area contributed by atoms with Gasteiger partial charge in [0.2, 0.25) is 0 Å². The number of aliphatic carboxylic acids is 1. The SMILES string of the molecule is Cc1c(OC(=O)N(CCC(=O)O)C2CCCC2)ccc2[nH]c(CNc3ccc(C(=N)N)cc3)nc12. The molecule has 35 heavy (non-hydrogen) atoms. The van der Waals surface area contributed by atoms with Gasteiger partial charge in [-0.25, -0.2) is 9.78 Å². The van der Waals surface area contributed by atoms with Gasteiger partial charge in [0.05, 0.1) is 24.0 Å². The van der Waals surface area contributed by atoms with E-state index in [9.17, 15) is 9.59 Å². The van der Waals surface area contributed by atoms with E-state index < -0.39 is 12.1 Å². The van der Waals surface area contributed by atoms with Gasteiger partial charge in [0.25, 0.3) is 0 Å². The molecule has 3 aromatic rings. The number of amidine groups is 1. The van der Waals surface area contributed by atoms with Crippen molar-refractivity contribution in [2.24, 2.45) is 5.73 Å². The number of aromatic amines is 1. The van der Waals surface area contributed by atoms with Crippen LogP contribution in [0.3, 0.4) is 0 Å². The molecule has 0 atom stereocenters. The highest BCUT2D eigenvalue weighted by atomic mass is 16.6. The van der Waals surface area contributed by atoms with Gasteiger partial charge < -0.3 is 30.8 Å². The Morgan fingerprint density at radius 1 is 1.23 bits per heavy atom. The number of carbonyl (C=O) groups is 2. The Hall–Kier alpha value is -4.08. The summed E-state index contributed by atoms with van der Waals surface area (Å²) in [5.41, 5.74) is 9.28. The van der Waals surface area contributed by atoms with Gasteiger partial charge in [0.1, 0.15) is 17.4 Å². The molecule has 6 N–H and O–H groups in total. The van der Waals surface area contributed by atoms with Crippen molar-refractivity contribution in [1.29, 1.82) is 5.41 Å². The Kier molecular flexibility index (Phi) is 7.19. The van der Waals surface area contributed by atoms with E-state index in [1.54, 1.807) is 23.1 Å². The van der Waals surface area contributed by atoms with Crippen LogP contribution in [-0.4, -0.2) is 50.5 Å². The van der Waals surface area contributed by atoms with Crippen LogP contribution < -0.4 is 15.8 Å². The molecule has 0 saturated heterocycles. The molecule has 1 aliphatic rings. The maximum Gasteiger partial charge on any atom is 0.415 e. The summed E-state index contributed by atoms with van der Waals surface area (Å²) < 4.78 is 5.73. The van der Waals surface area contributed by atoms with Gasteiger partial charge in [-0.1, -0.05) is 12.8 Å². The van der Waals surface area contributed by atoms with Gasteiger partial charge >= 0.3 is 12.1 Å². The van der Waals surface area contributed by atoms with E-state index in [0.29, 0.717) is 23.4 Å². The average Bonchev–Trinajstić information content (AvgIpc) is 3.50. The van der Waals surface area contributed by atoms with Gasteiger partial charge in [0.15, 0.2) is 0 Å². The van der Waals surface area contributed by atoms with Crippen molar-refractivity contribution in [2.45, 2.75) is 51.6 Å². The van der Waals surface area contributed by atoms with Gasteiger partial charge in [-0.3, -0.25) is 10.2 Å². The highest BCUT2D eigenvalue weighted by Crippen LogP contribution is 2.29. The molecular weight excluding hydrogens is 448 g/mol. The zero-order valence-electron chi connectivity index (χ0n) is 19.6. The number of H-pyrrole nitrogens is 1. The zero-order valence-corrected chi connectivity index (χ0v) is 19.6. The minimum atomic E-state index is -0.939. The molecule has 2 aromatic carbocycles. The minimum absolute atomic E-state index is 0.0125. The van der Waals surface area contributed by atoms with Crippen LogP contribution in [0.4, 0.5) is 10.5 Å². The summed E-state index contributed by atoms with van der Waals surface area (Å²) in [5, 5.41) is 19.8. The number of carbonyl (C=O) groups excluding carboxylic acids is 1. The third-order valence-corrected chi connectivity index (χ3v) is 6.33. The molecule has 4 rings (SSSR count). The van der Waals surface area contributed by atoms with Crippen molar-refractivity contribution in [3.05, 3.63) is 53.3 Å². The largest absolute Gasteiger partial charge is 0.481 e. The number of nitrogens with two attached hydrogens (primary N) is 1. The number of fused-ring (bicyclic) bond motifs is 1. The Morgan fingerprint density at radius 3 is 2.60 bits per heavy atom. The molecule has 10 nitrogen and oxygen atoms in total. The Bertz CT molecular complexity index is 1230. The fraction of sp³-hybridized carbons (Fsp3) is 0.360. The maximum atomic E-state index is 13.0. The molecule has 0 spiro atoms. The number of nitrogens with one attached hydrogen (secondary N) is 3. The van der Waals surface area contributed by atoms with Crippen molar-refractivity contribution >= 4 is 34.6 Å². The van der Waals surface area contributed by atoms with Crippen LogP contribution in [0.25, 0.3) is 11.0 Å². The number of aromatic nitrogens is 2. The second kappa shape index (κ2) is 10.5. The van der Waals surface area contributed by atoms with Crippen molar-refractivity contribution in [3.8, 4) is 5.75 Å². The first-order valence-corrected chi connectivity index (χ1v) is 11.7. The predicted molar refractivity (Wildman–Crippen MR) is 133 cm³/mol. The van der Waals surface area contributed by atoms with Crippen molar-refractivity contribution in [1.82, 2.24) is 14.9 Å². The summed E-state index contributed by atoms with van der Waals surface area (Å²) in [5.74, 6) is 0.211. The number of hydrogen-bond acceptors (Lipinski definition) is 6. The Morgan fingerprint density at radius 2 is 1.94 bits per heavy atom. The molecule has 10 heteroatoms. The Balaban J connectivity index is 1.46. The van der Waals surface area contributed by atoms with Crippen LogP contribution in [0.15, 0.2) is 36.4 Å². The number of ether oxygens (including phenoxy) is 1. The molecule has 1 amide bonds. The molecule has 1 saturated carbocycles. The number of aryl methyl sites for hydroxylation is 1. The fourth-order valence-corrected chi connectivity index (χ4v) is 4.40. The molecule has 184 valence electrons. The molecule has 1 aliphatic carbocycles. The summed E-state index contributed by atoms with van der Waals surface area (Å²) in [4.78, 5) is 33.6. The van der Waals surface area contributed by atoms with Crippen LogP contribution in [0.2, 0.25) is 0 Å². The summed E-state index contributed by atoms with van der Waals surface area (Å²) in [6, 6.07) is 10.8. The predicted octanol–water partition coefficient (Wildman–Crippen LogP) is 3.99. The number of nitrogen functional groups attached to an aromatic ring is 1. The van der Waals surface area contributed by atoms with E-state index >= 15 is 0 Å². The van der Waals surface area contributed by atoms with Gasteiger partial charge in [0, 0.05) is 29.4 Å². The van der Waals surface area contributed by atoms with E-state index in [4.69, 9.17) is 21.0 Å². The topological polar surface area (TPSA) is 157 Å². The summed E-state index contributed by atoms with van der Waals surface area (Å²) in [6.07, 6.45) is 3.14. The lowest BCUT2D eigenvalue weighted by atomic mass is 10.2. The lowest BCUT2D eigenvalue weighted by Crippen LogP contribution is -2.42. The minimum Gasteiger partial charge on any atom is -0.481 e. The van der Waals surface area contributed by atoms with Gasteiger partial charge in [-0.15, -0.1) is 0 Å². The molecular formula is C25H30N6O4. The summed E-state index contributed by atoms with van der Waals surface area (Å²) in [6.45, 7) is 2.43. The van der Waals surface area contributed by atoms with Crippen LogP contribution >= 0.6 is 0 Å². The molecule has 0 unspecified atom stereocenters. The first-order valence-electron chi connectivity index (χ1n) is 11.7. The molecule has 0 radical (unpaired) electrons. The van der Waals surface area contributed by atoms with E-state index in [1.165, 1.54) is 0 Å². The fourth-order valence-electron chi connectivity index (χ4n) is 4.40. The second-order valence-corrected chi connectivity index (χ2v) is 8.76. The van der Waals surface area contributed by atoms with Crippen LogP contribution in [0.1, 0.15) is 49.1 Å². The number of rotatable bonds is 9. The third-order valence-electron chi connectivity index (χ3n) is 6.33. The first kappa shape index (κ1) is 24.1. The molecule has 1 heterocycles. The number of anilines is 1. The number of hydrogen-bond donors (Lipinski definition) is 5. The number of benzene rings is 2. The Labute approximate surface area is 203 Å². The lowest BCUT2D eigenvalue weighted by molar-refractivity contribution is -0.137. The average molecular weight is 479 g/mol. The smallest absolute Gasteiger partial charge is 0.415 e. The molecule has 0 bridgehead atoms. The number of imidazole rings is 1. The molecule has 0 aliphatic heterocycles.